The van der Waals surface area contributed by atoms with Crippen molar-refractivity contribution >= 4 is 0 Å². The maximum atomic E-state index is 10.5. The third-order valence-corrected chi connectivity index (χ3v) is 5.06. The van der Waals surface area contributed by atoms with Crippen molar-refractivity contribution in [3.63, 3.8) is 0 Å². The van der Waals surface area contributed by atoms with E-state index in [1.165, 1.54) is 37.7 Å². The Kier molecular flexibility index (Phi) is 6.70. The van der Waals surface area contributed by atoms with Gasteiger partial charge in [0.1, 0.15) is 5.75 Å². The standard InChI is InChI=1S/C22H30O/c1-3-5-6-7-13-18-22(4-2,19-14-9-8-10-15-19)20-16-11-12-17-21(20)23/h8-12,14-17,23H,3-7,13,18H2,1-2H3. The highest BCUT2D eigenvalue weighted by Gasteiger charge is 2.33. The van der Waals surface area contributed by atoms with Crippen LogP contribution in [0.5, 0.6) is 5.75 Å². The molecule has 0 saturated carbocycles. The molecule has 1 nitrogen and oxygen atoms in total. The molecule has 0 radical (unpaired) electrons. The minimum atomic E-state index is -0.0845. The van der Waals surface area contributed by atoms with Crippen molar-refractivity contribution in [2.24, 2.45) is 0 Å². The monoisotopic (exact) mass is 310 g/mol. The van der Waals surface area contributed by atoms with Crippen molar-refractivity contribution in [2.45, 2.75) is 64.2 Å². The highest BCUT2D eigenvalue weighted by atomic mass is 16.3. The van der Waals surface area contributed by atoms with Gasteiger partial charge in [0, 0.05) is 11.0 Å². The van der Waals surface area contributed by atoms with Crippen LogP contribution in [0.4, 0.5) is 0 Å². The first-order valence-corrected chi connectivity index (χ1v) is 9.08. The lowest BCUT2D eigenvalue weighted by molar-refractivity contribution is 0.394. The molecule has 2 aromatic carbocycles. The van der Waals surface area contributed by atoms with Gasteiger partial charge in [0.05, 0.1) is 0 Å². The zero-order chi connectivity index (χ0) is 16.5. The van der Waals surface area contributed by atoms with Crippen LogP contribution in [-0.4, -0.2) is 5.11 Å². The summed E-state index contributed by atoms with van der Waals surface area (Å²) < 4.78 is 0. The topological polar surface area (TPSA) is 20.2 Å². The fourth-order valence-electron chi connectivity index (χ4n) is 3.67. The van der Waals surface area contributed by atoms with E-state index in [1.807, 2.05) is 18.2 Å². The number of rotatable bonds is 9. The minimum Gasteiger partial charge on any atom is -0.508 e. The van der Waals surface area contributed by atoms with Gasteiger partial charge in [0.25, 0.3) is 0 Å². The van der Waals surface area contributed by atoms with Gasteiger partial charge in [-0.3, -0.25) is 0 Å². The fraction of sp³-hybridized carbons (Fsp3) is 0.455. The smallest absolute Gasteiger partial charge is 0.119 e. The van der Waals surface area contributed by atoms with Crippen molar-refractivity contribution < 1.29 is 5.11 Å². The van der Waals surface area contributed by atoms with Crippen LogP contribution in [0.2, 0.25) is 0 Å². The molecule has 1 N–H and O–H groups in total. The molecule has 0 spiro atoms. The third-order valence-electron chi connectivity index (χ3n) is 5.06. The van der Waals surface area contributed by atoms with Crippen molar-refractivity contribution in [2.75, 3.05) is 0 Å². The van der Waals surface area contributed by atoms with E-state index in [-0.39, 0.29) is 5.41 Å². The molecule has 0 heterocycles. The summed E-state index contributed by atoms with van der Waals surface area (Å²) in [6, 6.07) is 18.6. The van der Waals surface area contributed by atoms with Crippen molar-refractivity contribution in [3.05, 3.63) is 65.7 Å². The highest BCUT2D eigenvalue weighted by Crippen LogP contribution is 2.43. The van der Waals surface area contributed by atoms with E-state index in [9.17, 15) is 5.11 Å². The van der Waals surface area contributed by atoms with E-state index in [2.05, 4.69) is 50.2 Å². The second-order valence-corrected chi connectivity index (χ2v) is 6.48. The average molecular weight is 310 g/mol. The molecule has 2 aromatic rings. The normalized spacial score (nSPS) is 13.7. The molecule has 0 aliphatic heterocycles. The summed E-state index contributed by atoms with van der Waals surface area (Å²) in [5.74, 6) is 0.423. The Morgan fingerprint density at radius 1 is 0.783 bits per heavy atom. The van der Waals surface area contributed by atoms with E-state index in [0.717, 1.165) is 18.4 Å². The summed E-state index contributed by atoms with van der Waals surface area (Å²) in [4.78, 5) is 0. The molecule has 124 valence electrons. The van der Waals surface area contributed by atoms with E-state index in [4.69, 9.17) is 0 Å². The number of aromatic hydroxyl groups is 1. The van der Waals surface area contributed by atoms with Gasteiger partial charge in [-0.05, 0) is 24.5 Å². The quantitative estimate of drug-likeness (QED) is 0.528. The summed E-state index contributed by atoms with van der Waals surface area (Å²) >= 11 is 0. The number of hydrogen-bond acceptors (Lipinski definition) is 1. The van der Waals surface area contributed by atoms with E-state index in [1.54, 1.807) is 0 Å². The Morgan fingerprint density at radius 3 is 2.09 bits per heavy atom. The second-order valence-electron chi connectivity index (χ2n) is 6.48. The lowest BCUT2D eigenvalue weighted by atomic mass is 9.69. The van der Waals surface area contributed by atoms with Crippen LogP contribution < -0.4 is 0 Å². The first-order valence-electron chi connectivity index (χ1n) is 9.08. The predicted molar refractivity (Wildman–Crippen MR) is 99.0 cm³/mol. The number of benzene rings is 2. The molecule has 0 aromatic heterocycles. The zero-order valence-electron chi connectivity index (χ0n) is 14.6. The minimum absolute atomic E-state index is 0.0845. The van der Waals surface area contributed by atoms with Gasteiger partial charge in [-0.2, -0.15) is 0 Å². The molecule has 1 unspecified atom stereocenters. The van der Waals surface area contributed by atoms with Gasteiger partial charge in [-0.15, -0.1) is 0 Å². The first-order chi connectivity index (χ1) is 11.2. The van der Waals surface area contributed by atoms with Crippen LogP contribution in [0, 0.1) is 0 Å². The van der Waals surface area contributed by atoms with Crippen molar-refractivity contribution in [1.82, 2.24) is 0 Å². The maximum Gasteiger partial charge on any atom is 0.119 e. The number of hydrogen-bond donors (Lipinski definition) is 1. The molecule has 2 rings (SSSR count). The highest BCUT2D eigenvalue weighted by molar-refractivity contribution is 5.46. The molecule has 23 heavy (non-hydrogen) atoms. The van der Waals surface area contributed by atoms with E-state index in [0.29, 0.717) is 5.75 Å². The lowest BCUT2D eigenvalue weighted by Crippen LogP contribution is -2.27. The summed E-state index contributed by atoms with van der Waals surface area (Å²) in [6.45, 7) is 4.49. The van der Waals surface area contributed by atoms with E-state index < -0.39 is 0 Å². The van der Waals surface area contributed by atoms with Crippen molar-refractivity contribution in [1.29, 1.82) is 0 Å². The molecule has 1 heteroatoms. The van der Waals surface area contributed by atoms with Crippen LogP contribution in [0.15, 0.2) is 54.6 Å². The summed E-state index contributed by atoms with van der Waals surface area (Å²) in [7, 11) is 0. The Morgan fingerprint density at radius 2 is 1.43 bits per heavy atom. The predicted octanol–water partition coefficient (Wildman–Crippen LogP) is 6.45. The van der Waals surface area contributed by atoms with Gasteiger partial charge in [-0.25, -0.2) is 0 Å². The first kappa shape index (κ1) is 17.6. The zero-order valence-corrected chi connectivity index (χ0v) is 14.6. The SMILES string of the molecule is CCCCCCCC(CC)(c1ccccc1)c1ccccc1O. The largest absolute Gasteiger partial charge is 0.508 e. The summed E-state index contributed by atoms with van der Waals surface area (Å²) in [5, 5.41) is 10.5. The lowest BCUT2D eigenvalue weighted by Gasteiger charge is -2.35. The number of unbranched alkanes of at least 4 members (excludes halogenated alkanes) is 4. The van der Waals surface area contributed by atoms with Crippen LogP contribution in [0.1, 0.15) is 69.9 Å². The molecule has 0 saturated heterocycles. The van der Waals surface area contributed by atoms with Crippen LogP contribution >= 0.6 is 0 Å². The molecule has 0 aliphatic carbocycles. The van der Waals surface area contributed by atoms with Crippen LogP contribution in [0.3, 0.4) is 0 Å². The summed E-state index contributed by atoms with van der Waals surface area (Å²) in [5.41, 5.74) is 2.31. The van der Waals surface area contributed by atoms with Gasteiger partial charge >= 0.3 is 0 Å². The molecular formula is C22H30O. The molecule has 0 bridgehead atoms. The third kappa shape index (κ3) is 4.16. The molecule has 0 amide bonds. The molecule has 0 fully saturated rings. The Bertz CT molecular complexity index is 576. The van der Waals surface area contributed by atoms with Gasteiger partial charge < -0.3 is 5.11 Å². The van der Waals surface area contributed by atoms with Gasteiger partial charge in [-0.1, -0.05) is 94.5 Å². The Balaban J connectivity index is 2.32. The number of phenols is 1. The number of phenolic OH excluding ortho intramolecular Hbond substituents is 1. The van der Waals surface area contributed by atoms with E-state index >= 15 is 0 Å². The van der Waals surface area contributed by atoms with Crippen molar-refractivity contribution in [3.8, 4) is 5.75 Å². The van der Waals surface area contributed by atoms with Gasteiger partial charge in [0.2, 0.25) is 0 Å². The average Bonchev–Trinajstić information content (AvgIpc) is 2.60. The van der Waals surface area contributed by atoms with Gasteiger partial charge in [0.15, 0.2) is 0 Å². The summed E-state index contributed by atoms with van der Waals surface area (Å²) in [6.07, 6.45) is 8.48. The molecular weight excluding hydrogens is 280 g/mol. The molecule has 0 aliphatic rings. The Hall–Kier alpha value is -1.76. The number of para-hydroxylation sites is 1. The Labute approximate surface area is 141 Å². The van der Waals surface area contributed by atoms with Crippen LogP contribution in [0.25, 0.3) is 0 Å². The van der Waals surface area contributed by atoms with Crippen LogP contribution in [-0.2, 0) is 5.41 Å². The molecule has 1 atom stereocenters. The maximum absolute atomic E-state index is 10.5. The second kappa shape index (κ2) is 8.76. The fourth-order valence-corrected chi connectivity index (χ4v) is 3.67.